The zero-order valence-corrected chi connectivity index (χ0v) is 12.4. The van der Waals surface area contributed by atoms with Gasteiger partial charge in [0, 0.05) is 11.6 Å². The Labute approximate surface area is 120 Å². The monoisotopic (exact) mass is 279 g/mol. The molecule has 0 bridgehead atoms. The molecule has 2 rings (SSSR count). The van der Waals surface area contributed by atoms with Gasteiger partial charge < -0.3 is 14.8 Å². The lowest BCUT2D eigenvalue weighted by atomic mass is 9.95. The van der Waals surface area contributed by atoms with Gasteiger partial charge in [-0.05, 0) is 31.0 Å². The predicted molar refractivity (Wildman–Crippen MR) is 81.3 cm³/mol. The smallest absolute Gasteiger partial charge is 0.161 e. The van der Waals surface area contributed by atoms with Gasteiger partial charge in [-0.1, -0.05) is 31.5 Å². The van der Waals surface area contributed by atoms with E-state index in [-0.39, 0.29) is 0 Å². The van der Waals surface area contributed by atoms with E-state index in [0.717, 1.165) is 16.3 Å². The van der Waals surface area contributed by atoms with Gasteiger partial charge in [0.2, 0.25) is 0 Å². The van der Waals surface area contributed by atoms with Crippen LogP contribution in [0.15, 0.2) is 18.2 Å². The number of hydrogen-bond donors (Lipinski definition) is 1. The fourth-order valence-electron chi connectivity index (χ4n) is 2.49. The molecule has 1 saturated carbocycles. The molecule has 0 amide bonds. The summed E-state index contributed by atoms with van der Waals surface area (Å²) in [5.74, 6) is 1.44. The molecule has 0 radical (unpaired) electrons. The molecule has 0 aromatic heterocycles. The molecule has 1 aliphatic carbocycles. The summed E-state index contributed by atoms with van der Waals surface area (Å²) in [4.78, 5) is 0.799. The second-order valence-electron chi connectivity index (χ2n) is 4.88. The van der Waals surface area contributed by atoms with Crippen molar-refractivity contribution in [3.8, 4) is 11.5 Å². The maximum Gasteiger partial charge on any atom is 0.161 e. The lowest BCUT2D eigenvalue weighted by molar-refractivity contribution is 0.355. The number of hydrogen-bond acceptors (Lipinski definition) is 3. The largest absolute Gasteiger partial charge is 0.493 e. The van der Waals surface area contributed by atoms with Crippen molar-refractivity contribution in [1.29, 1.82) is 0 Å². The molecule has 1 aromatic rings. The summed E-state index contributed by atoms with van der Waals surface area (Å²) < 4.78 is 10.5. The zero-order valence-electron chi connectivity index (χ0n) is 11.6. The summed E-state index contributed by atoms with van der Waals surface area (Å²) in [5.41, 5.74) is 0.984. The van der Waals surface area contributed by atoms with Gasteiger partial charge in [-0.15, -0.1) is 0 Å². The highest BCUT2D eigenvalue weighted by atomic mass is 32.1. The summed E-state index contributed by atoms with van der Waals surface area (Å²) in [6.07, 6.45) is 6.38. The van der Waals surface area contributed by atoms with Gasteiger partial charge in [0.15, 0.2) is 11.5 Å². The third-order valence-electron chi connectivity index (χ3n) is 3.59. The van der Waals surface area contributed by atoms with Crippen molar-refractivity contribution >= 4 is 17.2 Å². The summed E-state index contributed by atoms with van der Waals surface area (Å²) in [6.45, 7) is 0. The normalized spacial score (nSPS) is 15.9. The quantitative estimate of drug-likeness (QED) is 0.857. The summed E-state index contributed by atoms with van der Waals surface area (Å²) >= 11 is 5.48. The second kappa shape index (κ2) is 6.75. The van der Waals surface area contributed by atoms with E-state index in [1.54, 1.807) is 14.2 Å². The van der Waals surface area contributed by atoms with Gasteiger partial charge in [0.25, 0.3) is 0 Å². The average Bonchev–Trinajstić information content (AvgIpc) is 2.47. The van der Waals surface area contributed by atoms with Gasteiger partial charge in [-0.25, -0.2) is 0 Å². The van der Waals surface area contributed by atoms with E-state index in [9.17, 15) is 0 Å². The van der Waals surface area contributed by atoms with Crippen LogP contribution in [-0.4, -0.2) is 25.2 Å². The number of methoxy groups -OCH3 is 2. The van der Waals surface area contributed by atoms with Crippen LogP contribution in [0.2, 0.25) is 0 Å². The van der Waals surface area contributed by atoms with Gasteiger partial charge in [-0.2, -0.15) is 0 Å². The Balaban J connectivity index is 2.05. The highest BCUT2D eigenvalue weighted by Gasteiger charge is 2.15. The molecule has 104 valence electrons. The van der Waals surface area contributed by atoms with Crippen molar-refractivity contribution < 1.29 is 9.47 Å². The maximum atomic E-state index is 5.48. The van der Waals surface area contributed by atoms with Crippen molar-refractivity contribution in [3.63, 3.8) is 0 Å². The van der Waals surface area contributed by atoms with E-state index < -0.39 is 0 Å². The van der Waals surface area contributed by atoms with E-state index in [2.05, 4.69) is 5.32 Å². The molecule has 0 unspecified atom stereocenters. The summed E-state index contributed by atoms with van der Waals surface area (Å²) in [5, 5.41) is 3.46. The van der Waals surface area contributed by atoms with E-state index in [1.807, 2.05) is 18.2 Å². The first-order chi connectivity index (χ1) is 9.24. The van der Waals surface area contributed by atoms with Crippen LogP contribution in [0.1, 0.15) is 37.7 Å². The van der Waals surface area contributed by atoms with E-state index in [4.69, 9.17) is 21.7 Å². The Kier molecular flexibility index (Phi) is 5.02. The van der Waals surface area contributed by atoms with Crippen molar-refractivity contribution in [1.82, 2.24) is 5.32 Å². The third kappa shape index (κ3) is 3.60. The zero-order chi connectivity index (χ0) is 13.7. The fourth-order valence-corrected chi connectivity index (χ4v) is 2.79. The molecule has 19 heavy (non-hydrogen) atoms. The fraction of sp³-hybridized carbons (Fsp3) is 0.533. The lowest BCUT2D eigenvalue weighted by Crippen LogP contribution is -2.35. The van der Waals surface area contributed by atoms with Crippen LogP contribution in [-0.2, 0) is 0 Å². The van der Waals surface area contributed by atoms with E-state index in [0.29, 0.717) is 11.8 Å². The highest BCUT2D eigenvalue weighted by molar-refractivity contribution is 7.80. The molecule has 0 spiro atoms. The predicted octanol–water partition coefficient (Wildman–Crippen LogP) is 3.30. The van der Waals surface area contributed by atoms with Crippen molar-refractivity contribution in [2.45, 2.75) is 38.1 Å². The summed E-state index contributed by atoms with van der Waals surface area (Å²) in [6, 6.07) is 6.31. The van der Waals surface area contributed by atoms with Crippen LogP contribution in [0.5, 0.6) is 11.5 Å². The Bertz CT molecular complexity index is 442. The van der Waals surface area contributed by atoms with Crippen molar-refractivity contribution in [2.75, 3.05) is 14.2 Å². The van der Waals surface area contributed by atoms with Crippen LogP contribution < -0.4 is 14.8 Å². The van der Waals surface area contributed by atoms with E-state index >= 15 is 0 Å². The standard InChI is InChI=1S/C15H21NO2S/c1-17-13-9-8-11(10-14(13)18-2)15(19)16-12-6-4-3-5-7-12/h8-10,12H,3-7H2,1-2H3,(H,16,19). The molecule has 3 nitrogen and oxygen atoms in total. The molecule has 1 aromatic carbocycles. The number of rotatable bonds is 4. The van der Waals surface area contributed by atoms with Crippen molar-refractivity contribution in [3.05, 3.63) is 23.8 Å². The molecule has 1 aliphatic rings. The van der Waals surface area contributed by atoms with Crippen molar-refractivity contribution in [2.24, 2.45) is 0 Å². The molecule has 0 atom stereocenters. The Morgan fingerprint density at radius 2 is 1.79 bits per heavy atom. The summed E-state index contributed by atoms with van der Waals surface area (Å²) in [7, 11) is 3.27. The number of benzene rings is 1. The van der Waals surface area contributed by atoms with Crippen LogP contribution in [0.25, 0.3) is 0 Å². The minimum atomic E-state index is 0.523. The molecule has 1 N–H and O–H groups in total. The maximum absolute atomic E-state index is 5.48. The van der Waals surface area contributed by atoms with Gasteiger partial charge >= 0.3 is 0 Å². The molecular weight excluding hydrogens is 258 g/mol. The number of thiocarbonyl (C=S) groups is 1. The van der Waals surface area contributed by atoms with Gasteiger partial charge in [0.1, 0.15) is 4.99 Å². The second-order valence-corrected chi connectivity index (χ2v) is 5.29. The molecule has 4 heteroatoms. The van der Waals surface area contributed by atoms with Crippen LogP contribution in [0.3, 0.4) is 0 Å². The average molecular weight is 279 g/mol. The molecule has 1 fully saturated rings. The first-order valence-electron chi connectivity index (χ1n) is 6.77. The lowest BCUT2D eigenvalue weighted by Gasteiger charge is -2.24. The third-order valence-corrected chi connectivity index (χ3v) is 3.94. The minimum absolute atomic E-state index is 0.523. The number of ether oxygens (including phenoxy) is 2. The molecular formula is C15H21NO2S. The Hall–Kier alpha value is -1.29. The van der Waals surface area contributed by atoms with Gasteiger partial charge in [-0.3, -0.25) is 0 Å². The first-order valence-corrected chi connectivity index (χ1v) is 7.18. The number of nitrogens with one attached hydrogen (secondary N) is 1. The van der Waals surface area contributed by atoms with Crippen LogP contribution >= 0.6 is 12.2 Å². The van der Waals surface area contributed by atoms with Gasteiger partial charge in [0.05, 0.1) is 14.2 Å². The topological polar surface area (TPSA) is 30.5 Å². The van der Waals surface area contributed by atoms with Crippen LogP contribution in [0, 0.1) is 0 Å². The Morgan fingerprint density at radius 3 is 2.42 bits per heavy atom. The Morgan fingerprint density at radius 1 is 1.11 bits per heavy atom. The SMILES string of the molecule is COc1ccc(C(=S)NC2CCCCC2)cc1OC. The first kappa shape index (κ1) is 14.1. The minimum Gasteiger partial charge on any atom is -0.493 e. The van der Waals surface area contributed by atoms with E-state index in [1.165, 1.54) is 32.1 Å². The molecule has 0 aliphatic heterocycles. The molecule has 0 heterocycles. The highest BCUT2D eigenvalue weighted by Crippen LogP contribution is 2.28. The molecule has 0 saturated heterocycles. The van der Waals surface area contributed by atoms with Crippen LogP contribution in [0.4, 0.5) is 0 Å².